The molecule has 140 valence electrons. The monoisotopic (exact) mass is 363 g/mol. The van der Waals surface area contributed by atoms with Crippen LogP contribution in [0, 0.1) is 13.8 Å². The minimum absolute atomic E-state index is 0.0123. The highest BCUT2D eigenvalue weighted by molar-refractivity contribution is 5.79. The summed E-state index contributed by atoms with van der Waals surface area (Å²) in [6, 6.07) is 10.9. The van der Waals surface area contributed by atoms with Crippen molar-refractivity contribution in [1.82, 2.24) is 5.32 Å². The third-order valence-corrected chi connectivity index (χ3v) is 4.04. The summed E-state index contributed by atoms with van der Waals surface area (Å²) in [4.78, 5) is 12.1. The van der Waals surface area contributed by atoms with Gasteiger partial charge in [0.2, 0.25) is 5.91 Å². The zero-order chi connectivity index (χ0) is 19.1. The number of carbonyl (C=O) groups excluding carboxylic acids is 1. The van der Waals surface area contributed by atoms with E-state index >= 15 is 0 Å². The third kappa shape index (κ3) is 5.72. The molecule has 0 unspecified atom stereocenters. The second-order valence-corrected chi connectivity index (χ2v) is 6.07. The zero-order valence-corrected chi connectivity index (χ0v) is 15.1. The van der Waals surface area contributed by atoms with Crippen LogP contribution < -0.4 is 14.8 Å². The molecule has 26 heavy (non-hydrogen) atoms. The first kappa shape index (κ1) is 19.7. The Bertz CT molecular complexity index is 763. The van der Waals surface area contributed by atoms with E-state index in [-0.39, 0.29) is 17.4 Å². The summed E-state index contributed by atoms with van der Waals surface area (Å²) in [6.07, 6.45) is 0.817. The molecule has 0 bridgehead atoms. The van der Waals surface area contributed by atoms with Crippen LogP contribution in [0.25, 0.3) is 0 Å². The second-order valence-electron chi connectivity index (χ2n) is 6.07. The number of halogens is 2. The highest BCUT2D eigenvalue weighted by Gasteiger charge is 2.12. The summed E-state index contributed by atoms with van der Waals surface area (Å²) in [5.74, 6) is 0.158. The van der Waals surface area contributed by atoms with Crippen LogP contribution >= 0.6 is 0 Å². The van der Waals surface area contributed by atoms with Crippen LogP contribution in [0.15, 0.2) is 36.4 Å². The number of rotatable bonds is 8. The average molecular weight is 363 g/mol. The Labute approximate surface area is 152 Å². The molecule has 0 saturated heterocycles. The van der Waals surface area contributed by atoms with Crippen molar-refractivity contribution >= 4 is 5.91 Å². The van der Waals surface area contributed by atoms with Gasteiger partial charge < -0.3 is 14.8 Å². The summed E-state index contributed by atoms with van der Waals surface area (Å²) in [5, 5.41) is 2.86. The lowest BCUT2D eigenvalue weighted by atomic mass is 10.0. The first-order valence-electron chi connectivity index (χ1n) is 8.33. The van der Waals surface area contributed by atoms with E-state index in [2.05, 4.69) is 10.1 Å². The molecule has 0 saturated carbocycles. The molecule has 1 N–H and O–H groups in total. The van der Waals surface area contributed by atoms with E-state index in [9.17, 15) is 13.6 Å². The fourth-order valence-corrected chi connectivity index (χ4v) is 2.64. The predicted molar refractivity (Wildman–Crippen MR) is 96.0 cm³/mol. The Morgan fingerprint density at radius 2 is 1.88 bits per heavy atom. The lowest BCUT2D eigenvalue weighted by molar-refractivity contribution is -0.120. The van der Waals surface area contributed by atoms with E-state index in [0.717, 1.165) is 22.3 Å². The molecule has 2 aromatic rings. The fourth-order valence-electron chi connectivity index (χ4n) is 2.64. The van der Waals surface area contributed by atoms with Crippen molar-refractivity contribution in [2.75, 3.05) is 13.7 Å². The van der Waals surface area contributed by atoms with Crippen molar-refractivity contribution in [2.24, 2.45) is 0 Å². The Kier molecular flexibility index (Phi) is 6.95. The fraction of sp³-hybridized carbons (Fsp3) is 0.350. The smallest absolute Gasteiger partial charge is 0.387 e. The van der Waals surface area contributed by atoms with Gasteiger partial charge in [-0.25, -0.2) is 0 Å². The maximum Gasteiger partial charge on any atom is 0.387 e. The van der Waals surface area contributed by atoms with Crippen LogP contribution in [0.3, 0.4) is 0 Å². The average Bonchev–Trinajstić information content (AvgIpc) is 2.58. The van der Waals surface area contributed by atoms with Gasteiger partial charge in [-0.05, 0) is 49.1 Å². The Balaban J connectivity index is 1.90. The van der Waals surface area contributed by atoms with Gasteiger partial charge in [-0.1, -0.05) is 29.8 Å². The number of carbonyl (C=O) groups is 1. The van der Waals surface area contributed by atoms with Crippen LogP contribution in [0.4, 0.5) is 8.78 Å². The second kappa shape index (κ2) is 9.17. The highest BCUT2D eigenvalue weighted by atomic mass is 19.3. The van der Waals surface area contributed by atoms with E-state index in [4.69, 9.17) is 4.74 Å². The van der Waals surface area contributed by atoms with Gasteiger partial charge in [0.15, 0.2) is 11.5 Å². The van der Waals surface area contributed by atoms with Gasteiger partial charge in [-0.2, -0.15) is 8.78 Å². The summed E-state index contributed by atoms with van der Waals surface area (Å²) in [6.45, 7) is 1.45. The minimum atomic E-state index is -2.92. The SMILES string of the molecule is COc1ccc(CCNC(=O)Cc2cc(C)ccc2C)cc1OC(F)F. The summed E-state index contributed by atoms with van der Waals surface area (Å²) in [7, 11) is 1.39. The molecule has 4 nitrogen and oxygen atoms in total. The van der Waals surface area contributed by atoms with E-state index in [0.29, 0.717) is 19.4 Å². The molecule has 0 aromatic heterocycles. The third-order valence-electron chi connectivity index (χ3n) is 4.04. The molecule has 0 fully saturated rings. The van der Waals surface area contributed by atoms with Crippen molar-refractivity contribution in [3.05, 3.63) is 58.7 Å². The number of hydrogen-bond acceptors (Lipinski definition) is 3. The zero-order valence-electron chi connectivity index (χ0n) is 15.1. The van der Waals surface area contributed by atoms with Crippen molar-refractivity contribution < 1.29 is 23.0 Å². The van der Waals surface area contributed by atoms with E-state index in [1.165, 1.54) is 13.2 Å². The molecule has 0 aliphatic rings. The first-order chi connectivity index (χ1) is 12.4. The van der Waals surface area contributed by atoms with Crippen LogP contribution in [0.5, 0.6) is 11.5 Å². The summed E-state index contributed by atoms with van der Waals surface area (Å²) < 4.78 is 34.4. The largest absolute Gasteiger partial charge is 0.493 e. The molecule has 0 atom stereocenters. The Hall–Kier alpha value is -2.63. The lowest BCUT2D eigenvalue weighted by Crippen LogP contribution is -2.27. The Morgan fingerprint density at radius 3 is 2.58 bits per heavy atom. The molecule has 2 rings (SSSR count). The van der Waals surface area contributed by atoms with Gasteiger partial charge in [0.05, 0.1) is 13.5 Å². The molecule has 1 amide bonds. The lowest BCUT2D eigenvalue weighted by Gasteiger charge is -2.12. The normalized spacial score (nSPS) is 10.7. The van der Waals surface area contributed by atoms with Gasteiger partial charge in [-0.3, -0.25) is 4.79 Å². The van der Waals surface area contributed by atoms with Crippen LogP contribution in [-0.2, 0) is 17.6 Å². The van der Waals surface area contributed by atoms with Gasteiger partial charge >= 0.3 is 6.61 Å². The number of benzene rings is 2. The molecule has 0 radical (unpaired) electrons. The van der Waals surface area contributed by atoms with Gasteiger partial charge in [-0.15, -0.1) is 0 Å². The predicted octanol–water partition coefficient (Wildman–Crippen LogP) is 3.81. The van der Waals surface area contributed by atoms with E-state index < -0.39 is 6.61 Å². The summed E-state index contributed by atoms with van der Waals surface area (Å²) in [5.41, 5.74) is 3.96. The quantitative estimate of drug-likeness (QED) is 0.776. The number of methoxy groups -OCH3 is 1. The maximum atomic E-state index is 12.5. The van der Waals surface area contributed by atoms with Crippen LogP contribution in [0.2, 0.25) is 0 Å². The minimum Gasteiger partial charge on any atom is -0.493 e. The molecular formula is C20H23F2NO3. The van der Waals surface area contributed by atoms with Crippen molar-refractivity contribution in [2.45, 2.75) is 33.3 Å². The molecule has 0 aliphatic carbocycles. The van der Waals surface area contributed by atoms with Crippen LogP contribution in [0.1, 0.15) is 22.3 Å². The van der Waals surface area contributed by atoms with Gasteiger partial charge in [0.25, 0.3) is 0 Å². The molecule has 0 aliphatic heterocycles. The topological polar surface area (TPSA) is 47.6 Å². The number of nitrogens with one attached hydrogen (secondary N) is 1. The van der Waals surface area contributed by atoms with Crippen molar-refractivity contribution in [3.63, 3.8) is 0 Å². The van der Waals surface area contributed by atoms with E-state index in [1.54, 1.807) is 12.1 Å². The first-order valence-corrected chi connectivity index (χ1v) is 8.33. The standard InChI is InChI=1S/C20H23F2NO3/c1-13-4-5-14(2)16(10-13)12-19(24)23-9-8-15-6-7-17(25-3)18(11-15)26-20(21)22/h4-7,10-11,20H,8-9,12H2,1-3H3,(H,23,24). The number of aryl methyl sites for hydroxylation is 2. The molecule has 6 heteroatoms. The highest BCUT2D eigenvalue weighted by Crippen LogP contribution is 2.29. The molecule has 0 spiro atoms. The van der Waals surface area contributed by atoms with E-state index in [1.807, 2.05) is 32.0 Å². The van der Waals surface area contributed by atoms with Gasteiger partial charge in [0, 0.05) is 6.54 Å². The molecule has 0 heterocycles. The molecular weight excluding hydrogens is 340 g/mol. The number of amides is 1. The van der Waals surface area contributed by atoms with Crippen molar-refractivity contribution in [1.29, 1.82) is 0 Å². The van der Waals surface area contributed by atoms with Gasteiger partial charge in [0.1, 0.15) is 0 Å². The molecule has 2 aromatic carbocycles. The van der Waals surface area contributed by atoms with Crippen molar-refractivity contribution in [3.8, 4) is 11.5 Å². The number of hydrogen-bond donors (Lipinski definition) is 1. The Morgan fingerprint density at radius 1 is 1.12 bits per heavy atom. The van der Waals surface area contributed by atoms with Crippen LogP contribution in [-0.4, -0.2) is 26.2 Å². The number of ether oxygens (including phenoxy) is 2. The number of alkyl halides is 2. The maximum absolute atomic E-state index is 12.5. The summed E-state index contributed by atoms with van der Waals surface area (Å²) >= 11 is 0.